The monoisotopic (exact) mass is 302 g/mol. The first-order valence-corrected chi connectivity index (χ1v) is 7.42. The van der Waals surface area contributed by atoms with Crippen LogP contribution in [0, 0.1) is 10.1 Å². The summed E-state index contributed by atoms with van der Waals surface area (Å²) in [6.45, 7) is 0.783. The van der Waals surface area contributed by atoms with Crippen molar-refractivity contribution in [1.29, 1.82) is 0 Å². The van der Waals surface area contributed by atoms with Crippen LogP contribution in [0.2, 0.25) is 0 Å². The molecule has 1 aliphatic heterocycles. The maximum atomic E-state index is 11.7. The van der Waals surface area contributed by atoms with Crippen LogP contribution in [0.3, 0.4) is 0 Å². The fourth-order valence-corrected chi connectivity index (χ4v) is 2.59. The van der Waals surface area contributed by atoms with Crippen LogP contribution < -0.4 is 8.91 Å². The Morgan fingerprint density at radius 3 is 2.65 bits per heavy atom. The number of nitrogens with one attached hydrogen (secondary N) is 1. The van der Waals surface area contributed by atoms with Gasteiger partial charge in [-0.3, -0.25) is 10.1 Å². The topological polar surface area (TPSA) is 108 Å². The minimum absolute atomic E-state index is 0.00967. The second kappa shape index (κ2) is 6.16. The maximum Gasteiger partial charge on any atom is 0.382 e. The van der Waals surface area contributed by atoms with Crippen LogP contribution in [0.15, 0.2) is 24.3 Å². The molecule has 0 bridgehead atoms. The first-order chi connectivity index (χ1) is 9.46. The minimum Gasteiger partial charge on any atom is -0.377 e. The standard InChI is InChI=1S/C11H14N2O6S/c14-13(15)9-3-5-10(6-4-9)19-20(16,17)12-8-11-2-1-7-18-11/h3-6,11-12H,1-2,7-8H2/t11-/m1/s1. The number of hydrogen-bond acceptors (Lipinski definition) is 6. The molecule has 1 aromatic rings. The van der Waals surface area contributed by atoms with Crippen LogP contribution in [-0.4, -0.2) is 32.6 Å². The van der Waals surface area contributed by atoms with Gasteiger partial charge in [-0.05, 0) is 25.0 Å². The summed E-state index contributed by atoms with van der Waals surface area (Å²) in [4.78, 5) is 9.89. The second-order valence-corrected chi connectivity index (χ2v) is 5.64. The molecule has 1 saturated heterocycles. The van der Waals surface area contributed by atoms with Gasteiger partial charge >= 0.3 is 10.3 Å². The molecule has 1 aromatic carbocycles. The van der Waals surface area contributed by atoms with E-state index in [2.05, 4.69) is 4.72 Å². The van der Waals surface area contributed by atoms with Gasteiger partial charge < -0.3 is 8.92 Å². The van der Waals surface area contributed by atoms with Crippen molar-refractivity contribution >= 4 is 16.0 Å². The smallest absolute Gasteiger partial charge is 0.377 e. The zero-order valence-corrected chi connectivity index (χ0v) is 11.3. The highest BCUT2D eigenvalue weighted by atomic mass is 32.2. The number of ether oxygens (including phenoxy) is 1. The molecule has 110 valence electrons. The number of hydrogen-bond donors (Lipinski definition) is 1. The van der Waals surface area contributed by atoms with Crippen LogP contribution in [0.1, 0.15) is 12.8 Å². The van der Waals surface area contributed by atoms with Crippen molar-refractivity contribution in [2.75, 3.05) is 13.2 Å². The summed E-state index contributed by atoms with van der Waals surface area (Å²) in [6, 6.07) is 4.79. The molecule has 1 atom stereocenters. The molecule has 1 fully saturated rings. The van der Waals surface area contributed by atoms with E-state index in [0.717, 1.165) is 12.8 Å². The minimum atomic E-state index is -3.96. The summed E-state index contributed by atoms with van der Waals surface area (Å²) in [5.41, 5.74) is -0.137. The van der Waals surface area contributed by atoms with E-state index in [1.807, 2.05) is 0 Å². The van der Waals surface area contributed by atoms with Crippen molar-refractivity contribution in [3.63, 3.8) is 0 Å². The number of nitro groups is 1. The van der Waals surface area contributed by atoms with E-state index in [1.54, 1.807) is 0 Å². The van der Waals surface area contributed by atoms with Gasteiger partial charge in [0, 0.05) is 25.3 Å². The van der Waals surface area contributed by atoms with E-state index in [1.165, 1.54) is 24.3 Å². The molecule has 9 heteroatoms. The zero-order valence-electron chi connectivity index (χ0n) is 10.5. The van der Waals surface area contributed by atoms with Gasteiger partial charge in [-0.15, -0.1) is 0 Å². The molecule has 1 N–H and O–H groups in total. The Bertz CT molecular complexity index is 565. The van der Waals surface area contributed by atoms with Gasteiger partial charge in [-0.25, -0.2) is 0 Å². The molecule has 0 unspecified atom stereocenters. The summed E-state index contributed by atoms with van der Waals surface area (Å²) < 4.78 is 35.6. The summed E-state index contributed by atoms with van der Waals surface area (Å²) >= 11 is 0. The third-order valence-electron chi connectivity index (χ3n) is 2.77. The fraction of sp³-hybridized carbons (Fsp3) is 0.455. The molecule has 1 heterocycles. The van der Waals surface area contributed by atoms with Crippen molar-refractivity contribution in [2.24, 2.45) is 0 Å². The molecule has 0 saturated carbocycles. The SMILES string of the molecule is O=[N+]([O-])c1ccc(OS(=O)(=O)NC[C@H]2CCCO2)cc1. The highest BCUT2D eigenvalue weighted by molar-refractivity contribution is 7.85. The van der Waals surface area contributed by atoms with E-state index >= 15 is 0 Å². The number of benzene rings is 1. The van der Waals surface area contributed by atoms with E-state index in [9.17, 15) is 18.5 Å². The summed E-state index contributed by atoms with van der Waals surface area (Å²) in [7, 11) is -3.96. The molecular weight excluding hydrogens is 288 g/mol. The van der Waals surface area contributed by atoms with Gasteiger partial charge in [-0.2, -0.15) is 13.1 Å². The molecule has 2 rings (SSSR count). The van der Waals surface area contributed by atoms with Gasteiger partial charge in [0.1, 0.15) is 5.75 Å². The van der Waals surface area contributed by atoms with Gasteiger partial charge in [0.15, 0.2) is 0 Å². The Labute approximate surface area is 116 Å². The highest BCUT2D eigenvalue weighted by Crippen LogP contribution is 2.18. The molecule has 0 amide bonds. The lowest BCUT2D eigenvalue weighted by Gasteiger charge is -2.11. The normalized spacial score (nSPS) is 18.9. The summed E-state index contributed by atoms with van der Waals surface area (Å²) in [6.07, 6.45) is 1.58. The number of nitro benzene ring substituents is 1. The van der Waals surface area contributed by atoms with Crippen molar-refractivity contribution < 1.29 is 22.3 Å². The quantitative estimate of drug-likeness (QED) is 0.620. The van der Waals surface area contributed by atoms with Crippen molar-refractivity contribution in [3.8, 4) is 5.75 Å². The third-order valence-corrected chi connectivity index (χ3v) is 3.70. The Morgan fingerprint density at radius 2 is 2.10 bits per heavy atom. The van der Waals surface area contributed by atoms with Crippen LogP contribution in [0.5, 0.6) is 5.75 Å². The molecule has 8 nitrogen and oxygen atoms in total. The van der Waals surface area contributed by atoms with E-state index in [4.69, 9.17) is 8.92 Å². The maximum absolute atomic E-state index is 11.7. The molecule has 0 aromatic heterocycles. The van der Waals surface area contributed by atoms with Crippen molar-refractivity contribution in [3.05, 3.63) is 34.4 Å². The van der Waals surface area contributed by atoms with E-state index < -0.39 is 15.2 Å². The Hall–Kier alpha value is -1.71. The third kappa shape index (κ3) is 4.15. The largest absolute Gasteiger partial charge is 0.382 e. The molecule has 0 aliphatic carbocycles. The van der Waals surface area contributed by atoms with Crippen LogP contribution >= 0.6 is 0 Å². The predicted molar refractivity (Wildman–Crippen MR) is 69.6 cm³/mol. The van der Waals surface area contributed by atoms with Gasteiger partial charge in [0.25, 0.3) is 5.69 Å². The lowest BCUT2D eigenvalue weighted by molar-refractivity contribution is -0.384. The van der Waals surface area contributed by atoms with Gasteiger partial charge in [0.05, 0.1) is 11.0 Å². The fourth-order valence-electron chi connectivity index (χ4n) is 1.78. The Balaban J connectivity index is 1.91. The lowest BCUT2D eigenvalue weighted by atomic mass is 10.2. The average Bonchev–Trinajstić information content (AvgIpc) is 2.90. The molecule has 0 spiro atoms. The van der Waals surface area contributed by atoms with Gasteiger partial charge in [0.2, 0.25) is 0 Å². The summed E-state index contributed by atoms with van der Waals surface area (Å²) in [5.74, 6) is 0.00967. The molecular formula is C11H14N2O6S. The first-order valence-electron chi connectivity index (χ1n) is 6.01. The number of rotatable bonds is 6. The number of nitrogens with zero attached hydrogens (tertiary/aromatic N) is 1. The second-order valence-electron chi connectivity index (χ2n) is 4.27. The van der Waals surface area contributed by atoms with Crippen LogP contribution in [0.25, 0.3) is 0 Å². The molecule has 20 heavy (non-hydrogen) atoms. The van der Waals surface area contributed by atoms with Crippen LogP contribution in [0.4, 0.5) is 5.69 Å². The van der Waals surface area contributed by atoms with Crippen LogP contribution in [-0.2, 0) is 15.0 Å². The van der Waals surface area contributed by atoms with Crippen molar-refractivity contribution in [1.82, 2.24) is 4.72 Å². The highest BCUT2D eigenvalue weighted by Gasteiger charge is 2.20. The predicted octanol–water partition coefficient (Wildman–Crippen LogP) is 0.987. The number of non-ortho nitro benzene ring substituents is 1. The summed E-state index contributed by atoms with van der Waals surface area (Å²) in [5, 5.41) is 10.5. The molecule has 1 aliphatic rings. The molecule has 0 radical (unpaired) electrons. The zero-order chi connectivity index (χ0) is 14.6. The Kier molecular flexibility index (Phi) is 4.53. The first kappa shape index (κ1) is 14.7. The Morgan fingerprint density at radius 1 is 1.40 bits per heavy atom. The van der Waals surface area contributed by atoms with E-state index in [0.29, 0.717) is 6.61 Å². The average molecular weight is 302 g/mol. The van der Waals surface area contributed by atoms with Crippen molar-refractivity contribution in [2.45, 2.75) is 18.9 Å². The lowest BCUT2D eigenvalue weighted by Crippen LogP contribution is -2.34. The van der Waals surface area contributed by atoms with Gasteiger partial charge in [-0.1, -0.05) is 0 Å². The van der Waals surface area contributed by atoms with E-state index in [-0.39, 0.29) is 24.1 Å².